The third-order valence-electron chi connectivity index (χ3n) is 2.97. The van der Waals surface area contributed by atoms with Gasteiger partial charge in [0.1, 0.15) is 5.52 Å². The first-order chi connectivity index (χ1) is 10.0. The summed E-state index contributed by atoms with van der Waals surface area (Å²) >= 11 is 0. The van der Waals surface area contributed by atoms with Crippen LogP contribution in [0.5, 0.6) is 0 Å². The van der Waals surface area contributed by atoms with Gasteiger partial charge in [-0.1, -0.05) is 24.3 Å². The molecule has 0 radical (unpaired) electrons. The molecule has 0 saturated carbocycles. The van der Waals surface area contributed by atoms with Gasteiger partial charge in [-0.3, -0.25) is 0 Å². The zero-order valence-electron chi connectivity index (χ0n) is 10.8. The van der Waals surface area contributed by atoms with Crippen LogP contribution >= 0.6 is 0 Å². The number of oxazole rings is 1. The van der Waals surface area contributed by atoms with Gasteiger partial charge in [0.2, 0.25) is 5.89 Å². The van der Waals surface area contributed by atoms with Crippen molar-refractivity contribution in [2.75, 3.05) is 0 Å². The van der Waals surface area contributed by atoms with E-state index in [1.807, 2.05) is 18.2 Å². The highest BCUT2D eigenvalue weighted by Crippen LogP contribution is 2.29. The summed E-state index contributed by atoms with van der Waals surface area (Å²) in [5.74, 6) is 0.413. The van der Waals surface area contributed by atoms with Crippen LogP contribution in [0, 0.1) is 0 Å². The molecule has 3 rings (SSSR count). The Labute approximate surface area is 118 Å². The molecule has 0 aliphatic carbocycles. The Kier molecular flexibility index (Phi) is 3.25. The number of aromatic nitrogens is 1. The Morgan fingerprint density at radius 1 is 0.905 bits per heavy atom. The lowest BCUT2D eigenvalue weighted by atomic mass is 10.1. The molecule has 106 valence electrons. The average molecular weight is 289 g/mol. The van der Waals surface area contributed by atoms with Crippen molar-refractivity contribution >= 4 is 23.3 Å². The van der Waals surface area contributed by atoms with Gasteiger partial charge in [0.15, 0.2) is 5.58 Å². The molecule has 3 aromatic rings. The quantitative estimate of drug-likeness (QED) is 0.662. The highest BCUT2D eigenvalue weighted by atomic mass is 19.4. The van der Waals surface area contributed by atoms with Gasteiger partial charge in [0.25, 0.3) is 0 Å². The Balaban J connectivity index is 1.82. The number of nitrogens with zero attached hydrogens (tertiary/aromatic N) is 1. The lowest BCUT2D eigenvalue weighted by molar-refractivity contribution is -0.137. The van der Waals surface area contributed by atoms with E-state index in [1.165, 1.54) is 12.1 Å². The van der Waals surface area contributed by atoms with Crippen LogP contribution in [0.2, 0.25) is 0 Å². The minimum absolute atomic E-state index is 0.413. The van der Waals surface area contributed by atoms with Gasteiger partial charge in [-0.25, -0.2) is 4.98 Å². The molecule has 1 heterocycles. The van der Waals surface area contributed by atoms with E-state index in [0.717, 1.165) is 17.6 Å². The van der Waals surface area contributed by atoms with Crippen LogP contribution in [0.3, 0.4) is 0 Å². The first-order valence-corrected chi connectivity index (χ1v) is 6.23. The van der Waals surface area contributed by atoms with E-state index in [2.05, 4.69) is 4.98 Å². The van der Waals surface area contributed by atoms with Crippen molar-refractivity contribution in [3.63, 3.8) is 0 Å². The highest BCUT2D eigenvalue weighted by Gasteiger charge is 2.29. The number of hydrogen-bond donors (Lipinski definition) is 0. The fourth-order valence-electron chi connectivity index (χ4n) is 1.91. The molecule has 5 heteroatoms. The van der Waals surface area contributed by atoms with E-state index >= 15 is 0 Å². The lowest BCUT2D eigenvalue weighted by Crippen LogP contribution is -2.03. The molecule has 0 spiro atoms. The summed E-state index contributed by atoms with van der Waals surface area (Å²) in [5.41, 5.74) is 1.39. The molecule has 0 unspecified atom stereocenters. The van der Waals surface area contributed by atoms with Crippen LogP contribution in [0.4, 0.5) is 13.2 Å². The van der Waals surface area contributed by atoms with Crippen molar-refractivity contribution in [3.05, 3.63) is 65.5 Å². The summed E-state index contributed by atoms with van der Waals surface area (Å²) in [6.07, 6.45) is -1.03. The van der Waals surface area contributed by atoms with Crippen molar-refractivity contribution < 1.29 is 17.6 Å². The number of rotatable bonds is 2. The fourth-order valence-corrected chi connectivity index (χ4v) is 1.91. The highest BCUT2D eigenvalue weighted by molar-refractivity contribution is 5.75. The zero-order chi connectivity index (χ0) is 14.9. The van der Waals surface area contributed by atoms with Crippen LogP contribution in [-0.4, -0.2) is 4.98 Å². The molecule has 0 saturated heterocycles. The average Bonchev–Trinajstić information content (AvgIpc) is 2.87. The third kappa shape index (κ3) is 2.97. The number of fused-ring (bicyclic) bond motifs is 1. The number of alkyl halides is 3. The Bertz CT molecular complexity index is 752. The number of hydrogen-bond acceptors (Lipinski definition) is 2. The largest absolute Gasteiger partial charge is 0.437 e. The monoisotopic (exact) mass is 289 g/mol. The second kappa shape index (κ2) is 5.09. The number of halogens is 3. The van der Waals surface area contributed by atoms with Crippen molar-refractivity contribution in [2.24, 2.45) is 0 Å². The van der Waals surface area contributed by atoms with Gasteiger partial charge in [0.05, 0.1) is 5.56 Å². The number of para-hydroxylation sites is 2. The molecule has 2 nitrogen and oxygen atoms in total. The van der Waals surface area contributed by atoms with E-state index in [-0.39, 0.29) is 0 Å². The van der Waals surface area contributed by atoms with E-state index in [0.29, 0.717) is 17.0 Å². The van der Waals surface area contributed by atoms with E-state index in [4.69, 9.17) is 4.42 Å². The van der Waals surface area contributed by atoms with E-state index < -0.39 is 11.7 Å². The summed E-state index contributed by atoms with van der Waals surface area (Å²) in [6, 6.07) is 12.2. The molecule has 0 amide bonds. The molecule has 21 heavy (non-hydrogen) atoms. The van der Waals surface area contributed by atoms with Gasteiger partial charge in [-0.15, -0.1) is 0 Å². The second-order valence-corrected chi connectivity index (χ2v) is 4.47. The topological polar surface area (TPSA) is 26.0 Å². The van der Waals surface area contributed by atoms with Gasteiger partial charge >= 0.3 is 6.18 Å². The molecule has 0 atom stereocenters. The maximum atomic E-state index is 12.4. The molecule has 2 aromatic carbocycles. The molecule has 0 bridgehead atoms. The summed E-state index contributed by atoms with van der Waals surface area (Å²) in [5, 5.41) is 0. The number of benzene rings is 2. The van der Waals surface area contributed by atoms with Crippen molar-refractivity contribution in [1.29, 1.82) is 0 Å². The molecule has 0 aliphatic heterocycles. The van der Waals surface area contributed by atoms with Crippen LogP contribution < -0.4 is 0 Å². The SMILES string of the molecule is FC(F)(F)c1ccc(/C=C/c2nc3ccccc3o2)cc1. The predicted molar refractivity (Wildman–Crippen MR) is 74.4 cm³/mol. The Morgan fingerprint density at radius 2 is 1.62 bits per heavy atom. The van der Waals surface area contributed by atoms with Crippen molar-refractivity contribution in [2.45, 2.75) is 6.18 Å². The summed E-state index contributed by atoms with van der Waals surface area (Å²) in [6.45, 7) is 0. The third-order valence-corrected chi connectivity index (χ3v) is 2.97. The van der Waals surface area contributed by atoms with Gasteiger partial charge in [0, 0.05) is 6.08 Å². The van der Waals surface area contributed by atoms with Crippen LogP contribution in [-0.2, 0) is 6.18 Å². The smallest absolute Gasteiger partial charge is 0.416 e. The first-order valence-electron chi connectivity index (χ1n) is 6.23. The normalized spacial score (nSPS) is 12.3. The lowest BCUT2D eigenvalue weighted by Gasteiger charge is -2.05. The molecule has 0 fully saturated rings. The fraction of sp³-hybridized carbons (Fsp3) is 0.0625. The summed E-state index contributed by atoms with van der Waals surface area (Å²) < 4.78 is 42.8. The molecular weight excluding hydrogens is 279 g/mol. The van der Waals surface area contributed by atoms with Crippen LogP contribution in [0.25, 0.3) is 23.3 Å². The Hall–Kier alpha value is -2.56. The van der Waals surface area contributed by atoms with Gasteiger partial charge in [-0.2, -0.15) is 13.2 Å². The molecular formula is C16H10F3NO. The maximum Gasteiger partial charge on any atom is 0.416 e. The molecule has 1 aromatic heterocycles. The van der Waals surface area contributed by atoms with Crippen LogP contribution in [0.1, 0.15) is 17.0 Å². The second-order valence-electron chi connectivity index (χ2n) is 4.47. The standard InChI is InChI=1S/C16H10F3NO/c17-16(18,19)12-8-5-11(6-9-12)7-10-15-20-13-3-1-2-4-14(13)21-15/h1-10H/b10-7+. The molecule has 0 N–H and O–H groups in total. The van der Waals surface area contributed by atoms with E-state index in [1.54, 1.807) is 18.2 Å². The zero-order valence-corrected chi connectivity index (χ0v) is 10.8. The van der Waals surface area contributed by atoms with E-state index in [9.17, 15) is 13.2 Å². The molecule has 0 aliphatic rings. The first kappa shape index (κ1) is 13.4. The minimum atomic E-state index is -4.32. The maximum absolute atomic E-state index is 12.4. The van der Waals surface area contributed by atoms with Crippen molar-refractivity contribution in [1.82, 2.24) is 4.98 Å². The summed E-state index contributed by atoms with van der Waals surface area (Å²) in [7, 11) is 0. The summed E-state index contributed by atoms with van der Waals surface area (Å²) in [4.78, 5) is 4.25. The minimum Gasteiger partial charge on any atom is -0.437 e. The van der Waals surface area contributed by atoms with Crippen LogP contribution in [0.15, 0.2) is 52.9 Å². The predicted octanol–water partition coefficient (Wildman–Crippen LogP) is 5.02. The Morgan fingerprint density at radius 3 is 2.29 bits per heavy atom. The van der Waals surface area contributed by atoms with Gasteiger partial charge in [-0.05, 0) is 35.9 Å². The van der Waals surface area contributed by atoms with Crippen molar-refractivity contribution in [3.8, 4) is 0 Å². The van der Waals surface area contributed by atoms with Gasteiger partial charge < -0.3 is 4.42 Å².